The molecular weight excluding hydrogens is 404 g/mol. The lowest BCUT2D eigenvalue weighted by Gasteiger charge is -2.35. The Labute approximate surface area is 188 Å². The number of hydrogen-bond acceptors (Lipinski definition) is 5. The van der Waals surface area contributed by atoms with E-state index in [1.54, 1.807) is 4.68 Å². The monoisotopic (exact) mass is 434 g/mol. The number of aromatic nitrogens is 3. The van der Waals surface area contributed by atoms with E-state index in [2.05, 4.69) is 10.1 Å². The smallest absolute Gasteiger partial charge is 0.254 e. The lowest BCUT2D eigenvalue weighted by atomic mass is 9.78. The Morgan fingerprint density at radius 1 is 1.12 bits per heavy atom. The van der Waals surface area contributed by atoms with E-state index >= 15 is 0 Å². The third-order valence-corrected chi connectivity index (χ3v) is 6.98. The van der Waals surface area contributed by atoms with Crippen LogP contribution in [-0.4, -0.2) is 56.0 Å². The summed E-state index contributed by atoms with van der Waals surface area (Å²) in [5.74, 6) is 1.43. The molecule has 0 bridgehead atoms. The van der Waals surface area contributed by atoms with Gasteiger partial charge in [0.25, 0.3) is 5.91 Å². The van der Waals surface area contributed by atoms with E-state index in [1.807, 2.05) is 63.1 Å². The highest BCUT2D eigenvalue weighted by atomic mass is 16.5. The lowest BCUT2D eigenvalue weighted by Crippen LogP contribution is -2.42. The highest BCUT2D eigenvalue weighted by molar-refractivity contribution is 6.06. The summed E-state index contributed by atoms with van der Waals surface area (Å²) in [6.45, 7) is 7.21. The van der Waals surface area contributed by atoms with Crippen LogP contribution in [0.2, 0.25) is 0 Å². The van der Waals surface area contributed by atoms with E-state index < -0.39 is 6.10 Å². The van der Waals surface area contributed by atoms with Gasteiger partial charge in [-0.1, -0.05) is 12.1 Å². The summed E-state index contributed by atoms with van der Waals surface area (Å²) in [5, 5.41) is 16.1. The van der Waals surface area contributed by atoms with Gasteiger partial charge in [-0.25, -0.2) is 4.98 Å². The zero-order valence-electron chi connectivity index (χ0n) is 19.1. The van der Waals surface area contributed by atoms with Crippen LogP contribution in [0.4, 0.5) is 0 Å². The van der Waals surface area contributed by atoms with Crippen LogP contribution >= 0.6 is 0 Å². The van der Waals surface area contributed by atoms with Crippen LogP contribution in [-0.2, 0) is 7.05 Å². The molecule has 0 radical (unpaired) electrons. The minimum absolute atomic E-state index is 0.0247. The molecule has 1 saturated heterocycles. The molecule has 0 spiro atoms. The van der Waals surface area contributed by atoms with E-state index in [0.717, 1.165) is 40.2 Å². The third-order valence-electron chi connectivity index (χ3n) is 6.98. The zero-order chi connectivity index (χ0) is 22.6. The van der Waals surface area contributed by atoms with Crippen LogP contribution in [0, 0.1) is 32.6 Å². The molecule has 7 heteroatoms. The molecule has 3 aromatic rings. The van der Waals surface area contributed by atoms with Gasteiger partial charge in [-0.3, -0.25) is 9.48 Å². The van der Waals surface area contributed by atoms with Gasteiger partial charge in [-0.2, -0.15) is 5.10 Å². The average molecular weight is 435 g/mol. The van der Waals surface area contributed by atoms with Crippen molar-refractivity contribution in [3.63, 3.8) is 0 Å². The number of fused-ring (bicyclic) bond motifs is 2. The van der Waals surface area contributed by atoms with E-state index in [4.69, 9.17) is 4.74 Å². The van der Waals surface area contributed by atoms with Gasteiger partial charge in [0.1, 0.15) is 11.9 Å². The van der Waals surface area contributed by atoms with Gasteiger partial charge in [-0.05, 0) is 69.2 Å². The van der Waals surface area contributed by atoms with Crippen molar-refractivity contribution in [2.45, 2.75) is 45.8 Å². The predicted octanol–water partition coefficient (Wildman–Crippen LogP) is 3.18. The van der Waals surface area contributed by atoms with Crippen molar-refractivity contribution < 1.29 is 14.6 Å². The number of carbonyl (C=O) groups is 1. The molecule has 4 atom stereocenters. The first-order valence-corrected chi connectivity index (χ1v) is 11.3. The largest absolute Gasteiger partial charge is 0.488 e. The van der Waals surface area contributed by atoms with Crippen molar-refractivity contribution in [1.82, 2.24) is 19.7 Å². The topological polar surface area (TPSA) is 80.5 Å². The number of pyridine rings is 1. The zero-order valence-corrected chi connectivity index (χ0v) is 19.1. The molecule has 1 N–H and O–H groups in total. The minimum Gasteiger partial charge on any atom is -0.488 e. The van der Waals surface area contributed by atoms with Crippen LogP contribution in [0.15, 0.2) is 30.3 Å². The number of carbonyl (C=O) groups excluding carboxylic acids is 1. The van der Waals surface area contributed by atoms with Gasteiger partial charge in [0.2, 0.25) is 0 Å². The van der Waals surface area contributed by atoms with Gasteiger partial charge in [0.15, 0.2) is 5.65 Å². The fourth-order valence-corrected chi connectivity index (χ4v) is 5.46. The Hall–Kier alpha value is -2.93. The summed E-state index contributed by atoms with van der Waals surface area (Å²) in [6.07, 6.45) is 0.632. The van der Waals surface area contributed by atoms with Gasteiger partial charge in [-0.15, -0.1) is 0 Å². The van der Waals surface area contributed by atoms with Crippen molar-refractivity contribution >= 4 is 16.9 Å². The number of nitrogens with zero attached hydrogens (tertiary/aromatic N) is 4. The Morgan fingerprint density at radius 2 is 1.88 bits per heavy atom. The summed E-state index contributed by atoms with van der Waals surface area (Å²) >= 11 is 0. The van der Waals surface area contributed by atoms with Crippen molar-refractivity contribution in [3.8, 4) is 5.75 Å². The Bertz CT molecular complexity index is 1190. The Balaban J connectivity index is 1.35. The van der Waals surface area contributed by atoms with Crippen molar-refractivity contribution in [3.05, 3.63) is 52.8 Å². The molecule has 5 rings (SSSR count). The first-order valence-electron chi connectivity index (χ1n) is 11.3. The molecule has 1 aliphatic carbocycles. The molecule has 1 aromatic carbocycles. The fraction of sp³-hybridized carbons (Fsp3) is 0.480. The molecule has 2 fully saturated rings. The summed E-state index contributed by atoms with van der Waals surface area (Å²) in [5.41, 5.74) is 4.17. The average Bonchev–Trinajstić information content (AvgIpc) is 3.27. The number of likely N-dealkylation sites (tertiary alicyclic amines) is 1. The molecule has 2 aromatic heterocycles. The van der Waals surface area contributed by atoms with Crippen LogP contribution in [0.5, 0.6) is 5.75 Å². The second-order valence-electron chi connectivity index (χ2n) is 9.46. The van der Waals surface area contributed by atoms with Crippen LogP contribution in [0.3, 0.4) is 0 Å². The first-order chi connectivity index (χ1) is 15.3. The predicted molar refractivity (Wildman–Crippen MR) is 122 cm³/mol. The molecule has 3 heterocycles. The highest BCUT2D eigenvalue weighted by Crippen LogP contribution is 2.39. The highest BCUT2D eigenvalue weighted by Gasteiger charge is 2.44. The number of ether oxygens (including phenoxy) is 1. The Kier molecular flexibility index (Phi) is 5.16. The second-order valence-corrected chi connectivity index (χ2v) is 9.46. The van der Waals surface area contributed by atoms with Gasteiger partial charge >= 0.3 is 0 Å². The molecule has 1 saturated carbocycles. The van der Waals surface area contributed by atoms with Crippen LogP contribution in [0.1, 0.15) is 40.2 Å². The maximum absolute atomic E-state index is 13.6. The van der Waals surface area contributed by atoms with Gasteiger partial charge in [0.05, 0.1) is 22.7 Å². The fourth-order valence-electron chi connectivity index (χ4n) is 5.46. The van der Waals surface area contributed by atoms with E-state index in [9.17, 15) is 9.90 Å². The van der Waals surface area contributed by atoms with Crippen molar-refractivity contribution in [1.29, 1.82) is 0 Å². The van der Waals surface area contributed by atoms with Crippen molar-refractivity contribution in [2.24, 2.45) is 18.9 Å². The number of aliphatic hydroxyl groups excluding tert-OH is 1. The number of rotatable bonds is 3. The number of amides is 1. The summed E-state index contributed by atoms with van der Waals surface area (Å²) in [6, 6.07) is 9.80. The minimum atomic E-state index is -0.526. The number of aliphatic hydroxyl groups is 1. The Morgan fingerprint density at radius 3 is 2.62 bits per heavy atom. The normalized spacial score (nSPS) is 25.2. The van der Waals surface area contributed by atoms with Gasteiger partial charge < -0.3 is 14.7 Å². The number of aryl methyl sites for hydroxylation is 4. The van der Waals surface area contributed by atoms with Gasteiger partial charge in [0, 0.05) is 25.8 Å². The maximum atomic E-state index is 13.6. The molecular formula is C25H30N4O3. The standard InChI is InChI=1S/C25H30N4O3/c1-14-6-5-7-19(8-14)32-22-11-18-13-29(12-17(18)10-21(22)30)25(31)20-9-15(2)26-24-23(20)16(3)27-28(24)4/h5-9,17-18,21-22,30H,10-13H2,1-4H3/t17-,18+,21+,22+/m0/s1. The third kappa shape index (κ3) is 3.64. The summed E-state index contributed by atoms with van der Waals surface area (Å²) in [7, 11) is 1.86. The molecule has 1 aliphatic heterocycles. The summed E-state index contributed by atoms with van der Waals surface area (Å²) in [4.78, 5) is 20.1. The maximum Gasteiger partial charge on any atom is 0.254 e. The quantitative estimate of drug-likeness (QED) is 0.685. The SMILES string of the molecule is Cc1cccc(O[C@@H]2C[C@@H]3CN(C(=O)c4cc(C)nc5c4c(C)nn5C)C[C@@H]3C[C@H]2O)c1. The van der Waals surface area contributed by atoms with E-state index in [-0.39, 0.29) is 12.0 Å². The van der Waals surface area contributed by atoms with Crippen LogP contribution < -0.4 is 4.74 Å². The molecule has 2 aliphatic rings. The van der Waals surface area contributed by atoms with Crippen molar-refractivity contribution in [2.75, 3.05) is 13.1 Å². The number of benzene rings is 1. The van der Waals surface area contributed by atoms with E-state index in [1.165, 1.54) is 0 Å². The molecule has 168 valence electrons. The lowest BCUT2D eigenvalue weighted by molar-refractivity contribution is -0.0231. The number of hydrogen-bond donors (Lipinski definition) is 1. The molecule has 7 nitrogen and oxygen atoms in total. The molecule has 0 unspecified atom stereocenters. The molecule has 32 heavy (non-hydrogen) atoms. The molecule has 1 amide bonds. The second kappa shape index (κ2) is 7.89. The first kappa shape index (κ1) is 20.9. The summed E-state index contributed by atoms with van der Waals surface area (Å²) < 4.78 is 7.89. The van der Waals surface area contributed by atoms with Crippen LogP contribution in [0.25, 0.3) is 11.0 Å². The van der Waals surface area contributed by atoms with E-state index in [0.29, 0.717) is 36.9 Å².